The third-order valence-corrected chi connectivity index (χ3v) is 6.24. The highest BCUT2D eigenvalue weighted by Gasteiger charge is 2.44. The lowest BCUT2D eigenvalue weighted by molar-refractivity contribution is -0.384. The van der Waals surface area contributed by atoms with E-state index in [0.29, 0.717) is 27.6 Å². The third-order valence-electron chi connectivity index (χ3n) is 5.75. The molecule has 2 aliphatic heterocycles. The summed E-state index contributed by atoms with van der Waals surface area (Å²) >= 11 is 3.37. The van der Waals surface area contributed by atoms with E-state index in [2.05, 4.69) is 15.9 Å². The molecule has 0 saturated carbocycles. The maximum absolute atomic E-state index is 13.5. The molecular weight excluding hydrogens is 468 g/mol. The second-order valence-electron chi connectivity index (χ2n) is 7.66. The Labute approximate surface area is 184 Å². The number of ether oxygens (including phenoxy) is 1. The standard InChI is InChI=1S/C22H17BrN2O6/c23-13-6-7-17-16(10-13)20(26)18-19(12-3-1-4-14(9-12)25(28)29)24(22(27)21(18)31-17)11-15-5-2-8-30-15/h1,3-4,6-7,9-10,15,19H,2,5,8,11H2/t15-,19+/m0/s1. The monoisotopic (exact) mass is 484 g/mol. The second-order valence-corrected chi connectivity index (χ2v) is 8.58. The quantitative estimate of drug-likeness (QED) is 0.406. The Morgan fingerprint density at radius 1 is 1.19 bits per heavy atom. The zero-order chi connectivity index (χ0) is 21.7. The van der Waals surface area contributed by atoms with Crippen LogP contribution >= 0.6 is 15.9 Å². The van der Waals surface area contributed by atoms with Crippen LogP contribution in [0.15, 0.2) is 56.1 Å². The number of fused-ring (bicyclic) bond motifs is 2. The number of carbonyl (C=O) groups excluding carboxylic acids is 1. The molecule has 1 saturated heterocycles. The smallest absolute Gasteiger partial charge is 0.291 e. The van der Waals surface area contributed by atoms with Crippen LogP contribution in [0, 0.1) is 10.1 Å². The van der Waals surface area contributed by atoms with Crippen LogP contribution in [-0.4, -0.2) is 35.0 Å². The fraction of sp³-hybridized carbons (Fsp3) is 0.273. The first-order valence-corrected chi connectivity index (χ1v) is 10.7. The summed E-state index contributed by atoms with van der Waals surface area (Å²) in [6.07, 6.45) is 1.55. The maximum Gasteiger partial charge on any atom is 0.291 e. The van der Waals surface area contributed by atoms with E-state index in [1.54, 1.807) is 35.2 Å². The third kappa shape index (κ3) is 3.34. The number of hydrogen-bond donors (Lipinski definition) is 0. The molecule has 0 aliphatic carbocycles. The van der Waals surface area contributed by atoms with Crippen molar-refractivity contribution in [3.05, 3.63) is 84.2 Å². The van der Waals surface area contributed by atoms with Gasteiger partial charge in [-0.3, -0.25) is 19.7 Å². The highest BCUT2D eigenvalue weighted by Crippen LogP contribution is 2.40. The average molecular weight is 485 g/mol. The van der Waals surface area contributed by atoms with Crippen molar-refractivity contribution < 1.29 is 18.9 Å². The maximum atomic E-state index is 13.5. The van der Waals surface area contributed by atoms with Crippen LogP contribution in [0.3, 0.4) is 0 Å². The predicted molar refractivity (Wildman–Crippen MR) is 115 cm³/mol. The number of benzene rings is 2. The molecule has 0 radical (unpaired) electrons. The Balaban J connectivity index is 1.72. The van der Waals surface area contributed by atoms with Crippen LogP contribution in [0.25, 0.3) is 11.0 Å². The van der Waals surface area contributed by atoms with Gasteiger partial charge in [-0.1, -0.05) is 28.1 Å². The Kier molecular flexibility index (Phi) is 4.86. The zero-order valence-electron chi connectivity index (χ0n) is 16.2. The lowest BCUT2D eigenvalue weighted by Gasteiger charge is -2.27. The average Bonchev–Trinajstić information content (AvgIpc) is 3.36. The van der Waals surface area contributed by atoms with Crippen LogP contribution in [0.5, 0.6) is 0 Å². The lowest BCUT2D eigenvalue weighted by Crippen LogP contribution is -2.36. The first-order chi connectivity index (χ1) is 14.9. The molecule has 0 unspecified atom stereocenters. The van der Waals surface area contributed by atoms with E-state index in [0.717, 1.165) is 12.8 Å². The van der Waals surface area contributed by atoms with Crippen molar-refractivity contribution in [2.75, 3.05) is 13.2 Å². The molecule has 9 heteroatoms. The highest BCUT2D eigenvalue weighted by atomic mass is 79.9. The molecule has 0 bridgehead atoms. The molecule has 31 heavy (non-hydrogen) atoms. The first kappa shape index (κ1) is 19.9. The molecule has 8 nitrogen and oxygen atoms in total. The van der Waals surface area contributed by atoms with Gasteiger partial charge in [-0.15, -0.1) is 0 Å². The molecule has 1 aromatic heterocycles. The van der Waals surface area contributed by atoms with E-state index < -0.39 is 16.9 Å². The lowest BCUT2D eigenvalue weighted by atomic mass is 9.98. The number of nitrogens with zero attached hydrogens (tertiary/aromatic N) is 2. The number of non-ortho nitro benzene ring substituents is 1. The summed E-state index contributed by atoms with van der Waals surface area (Å²) in [6, 6.07) is 10.3. The number of nitro benzene ring substituents is 1. The minimum Gasteiger partial charge on any atom is -0.450 e. The largest absolute Gasteiger partial charge is 0.450 e. The second kappa shape index (κ2) is 7.58. The Morgan fingerprint density at radius 3 is 2.77 bits per heavy atom. The SMILES string of the molecule is O=C1c2oc3ccc(Br)cc3c(=O)c2[C@@H](c2cccc([N+](=O)[O-])c2)N1C[C@@H]1CCCO1. The van der Waals surface area contributed by atoms with E-state index in [-0.39, 0.29) is 35.1 Å². The van der Waals surface area contributed by atoms with Gasteiger partial charge in [-0.05, 0) is 36.6 Å². The van der Waals surface area contributed by atoms with Gasteiger partial charge < -0.3 is 14.1 Å². The van der Waals surface area contributed by atoms with Crippen molar-refractivity contribution in [1.29, 1.82) is 0 Å². The van der Waals surface area contributed by atoms with Gasteiger partial charge in [0.05, 0.1) is 28.0 Å². The van der Waals surface area contributed by atoms with Gasteiger partial charge in [0.1, 0.15) is 5.58 Å². The molecule has 2 aromatic carbocycles. The topological polar surface area (TPSA) is 103 Å². The van der Waals surface area contributed by atoms with Crippen LogP contribution in [-0.2, 0) is 4.74 Å². The summed E-state index contributed by atoms with van der Waals surface area (Å²) < 4.78 is 12.3. The fourth-order valence-corrected chi connectivity index (χ4v) is 4.70. The van der Waals surface area contributed by atoms with Crippen LogP contribution in [0.2, 0.25) is 0 Å². The summed E-state index contributed by atoms with van der Waals surface area (Å²) in [5, 5.41) is 11.7. The zero-order valence-corrected chi connectivity index (χ0v) is 17.8. The van der Waals surface area contributed by atoms with Crippen LogP contribution in [0.1, 0.15) is 40.6 Å². The van der Waals surface area contributed by atoms with Crippen molar-refractivity contribution in [2.24, 2.45) is 0 Å². The summed E-state index contributed by atoms with van der Waals surface area (Å²) in [5.41, 5.74) is 0.577. The minimum atomic E-state index is -0.786. The molecule has 0 spiro atoms. The summed E-state index contributed by atoms with van der Waals surface area (Å²) in [4.78, 5) is 39.2. The van der Waals surface area contributed by atoms with Crippen LogP contribution in [0.4, 0.5) is 5.69 Å². The Morgan fingerprint density at radius 2 is 2.03 bits per heavy atom. The molecule has 5 rings (SSSR count). The van der Waals surface area contributed by atoms with Crippen molar-refractivity contribution in [3.8, 4) is 0 Å². The Hall–Kier alpha value is -3.04. The summed E-state index contributed by atoms with van der Waals surface area (Å²) in [5.74, 6) is -0.432. The van der Waals surface area contributed by atoms with Gasteiger partial charge >= 0.3 is 0 Å². The molecule has 1 fully saturated rings. The van der Waals surface area contributed by atoms with Gasteiger partial charge in [0.2, 0.25) is 5.76 Å². The number of halogens is 1. The van der Waals surface area contributed by atoms with Gasteiger partial charge in [-0.25, -0.2) is 0 Å². The number of amides is 1. The predicted octanol–water partition coefficient (Wildman–Crippen LogP) is 4.19. The van der Waals surface area contributed by atoms with Gasteiger partial charge in [-0.2, -0.15) is 0 Å². The van der Waals surface area contributed by atoms with E-state index in [1.165, 1.54) is 12.1 Å². The van der Waals surface area contributed by atoms with E-state index in [9.17, 15) is 19.7 Å². The normalized spacial score (nSPS) is 20.4. The summed E-state index contributed by atoms with van der Waals surface area (Å²) in [6.45, 7) is 0.895. The van der Waals surface area contributed by atoms with Crippen molar-refractivity contribution in [1.82, 2.24) is 4.90 Å². The number of hydrogen-bond acceptors (Lipinski definition) is 6. The number of nitro groups is 1. The van der Waals surface area contributed by atoms with E-state index in [1.807, 2.05) is 0 Å². The summed E-state index contributed by atoms with van der Waals surface area (Å²) in [7, 11) is 0. The van der Waals surface area contributed by atoms with Crippen molar-refractivity contribution >= 4 is 38.5 Å². The van der Waals surface area contributed by atoms with Crippen LogP contribution < -0.4 is 5.43 Å². The molecule has 3 heterocycles. The highest BCUT2D eigenvalue weighted by molar-refractivity contribution is 9.10. The molecule has 3 aromatic rings. The van der Waals surface area contributed by atoms with Crippen molar-refractivity contribution in [3.63, 3.8) is 0 Å². The molecular formula is C22H17BrN2O6. The van der Waals surface area contributed by atoms with E-state index in [4.69, 9.17) is 9.15 Å². The van der Waals surface area contributed by atoms with Gasteiger partial charge in [0, 0.05) is 29.8 Å². The minimum absolute atomic E-state index is 0.0191. The fourth-order valence-electron chi connectivity index (χ4n) is 4.34. The molecule has 0 N–H and O–H groups in total. The Bertz CT molecular complexity index is 1280. The number of rotatable bonds is 4. The van der Waals surface area contributed by atoms with Crippen molar-refractivity contribution in [2.45, 2.75) is 25.0 Å². The first-order valence-electron chi connectivity index (χ1n) is 9.87. The number of carbonyl (C=O) groups is 1. The molecule has 158 valence electrons. The molecule has 2 aliphatic rings. The molecule has 2 atom stereocenters. The van der Waals surface area contributed by atoms with Gasteiger partial charge in [0.25, 0.3) is 11.6 Å². The van der Waals surface area contributed by atoms with E-state index >= 15 is 0 Å². The van der Waals surface area contributed by atoms with Gasteiger partial charge in [0.15, 0.2) is 5.43 Å². The molecule has 1 amide bonds.